The number of ether oxygens (including phenoxy) is 2. The molecule has 1 aliphatic heterocycles. The maximum atomic E-state index is 12.8. The third kappa shape index (κ3) is 4.54. The van der Waals surface area contributed by atoms with Crippen LogP contribution in [0.3, 0.4) is 0 Å². The Morgan fingerprint density at radius 2 is 1.82 bits per heavy atom. The minimum absolute atomic E-state index is 0.0124. The van der Waals surface area contributed by atoms with Crippen LogP contribution < -0.4 is 14.8 Å². The van der Waals surface area contributed by atoms with Crippen LogP contribution in [0, 0.1) is 20.8 Å². The molecule has 0 aliphatic carbocycles. The summed E-state index contributed by atoms with van der Waals surface area (Å²) in [6, 6.07) is 5.70. The van der Waals surface area contributed by atoms with Crippen molar-refractivity contribution in [2.75, 3.05) is 13.2 Å². The topological polar surface area (TPSA) is 78.3 Å². The zero-order valence-electron chi connectivity index (χ0n) is 20.7. The van der Waals surface area contributed by atoms with E-state index in [0.717, 1.165) is 50.6 Å². The van der Waals surface area contributed by atoms with E-state index >= 15 is 0 Å². The van der Waals surface area contributed by atoms with E-state index in [9.17, 15) is 4.79 Å². The first-order valence-corrected chi connectivity index (χ1v) is 11.6. The number of benzene rings is 1. The predicted octanol–water partition coefficient (Wildman–Crippen LogP) is 4.69. The van der Waals surface area contributed by atoms with E-state index < -0.39 is 0 Å². The molecule has 0 saturated heterocycles. The summed E-state index contributed by atoms with van der Waals surface area (Å²) in [6.45, 7) is 15.6. The van der Waals surface area contributed by atoms with Crippen molar-refractivity contribution in [2.45, 2.75) is 72.9 Å². The number of amides is 1. The highest BCUT2D eigenvalue weighted by atomic mass is 16.6. The number of carbonyl (C=O) groups excluding carboxylic acids is 1. The highest BCUT2D eigenvalue weighted by Gasteiger charge is 2.23. The van der Waals surface area contributed by atoms with Crippen molar-refractivity contribution in [1.82, 2.24) is 20.1 Å². The zero-order valence-corrected chi connectivity index (χ0v) is 20.7. The number of fused-ring (bicyclic) bond motifs is 2. The molecule has 4 rings (SSSR count). The number of nitrogens with zero attached hydrogens (tertiary/aromatic N) is 3. The molecule has 0 unspecified atom stereocenters. The zero-order chi connectivity index (χ0) is 23.9. The second-order valence-corrected chi connectivity index (χ2v) is 9.86. The molecule has 0 spiro atoms. The van der Waals surface area contributed by atoms with E-state index in [1.54, 1.807) is 0 Å². The van der Waals surface area contributed by atoms with Gasteiger partial charge in [0.2, 0.25) is 5.91 Å². The number of hydrogen-bond acceptors (Lipinski definition) is 5. The number of nitrogens with one attached hydrogen (secondary N) is 1. The minimum Gasteiger partial charge on any atom is -0.486 e. The molecule has 0 bridgehead atoms. The second kappa shape index (κ2) is 8.69. The van der Waals surface area contributed by atoms with Crippen LogP contribution in [-0.2, 0) is 16.8 Å². The van der Waals surface area contributed by atoms with Gasteiger partial charge in [-0.15, -0.1) is 0 Å². The van der Waals surface area contributed by atoms with Gasteiger partial charge in [0.05, 0.1) is 17.3 Å². The molecule has 0 radical (unpaired) electrons. The third-order valence-electron chi connectivity index (χ3n) is 6.26. The van der Waals surface area contributed by atoms with E-state index in [2.05, 4.69) is 33.0 Å². The average molecular weight is 451 g/mol. The molecule has 1 amide bonds. The first kappa shape index (κ1) is 23.1. The lowest BCUT2D eigenvalue weighted by Crippen LogP contribution is -2.27. The molecule has 0 fully saturated rings. The summed E-state index contributed by atoms with van der Waals surface area (Å²) in [7, 11) is 0. The Balaban J connectivity index is 1.48. The summed E-state index contributed by atoms with van der Waals surface area (Å²) < 4.78 is 13.3. The number of aryl methyl sites for hydroxylation is 3. The summed E-state index contributed by atoms with van der Waals surface area (Å²) in [5.41, 5.74) is 5.98. The highest BCUT2D eigenvalue weighted by molar-refractivity contribution is 5.84. The highest BCUT2D eigenvalue weighted by Crippen LogP contribution is 2.33. The van der Waals surface area contributed by atoms with E-state index in [4.69, 9.17) is 19.6 Å². The number of aromatic nitrogens is 3. The van der Waals surface area contributed by atoms with Crippen molar-refractivity contribution in [2.24, 2.45) is 0 Å². The van der Waals surface area contributed by atoms with Gasteiger partial charge >= 0.3 is 0 Å². The number of rotatable bonds is 5. The fraction of sp³-hybridized carbons (Fsp3) is 0.500. The first-order chi connectivity index (χ1) is 15.6. The maximum Gasteiger partial charge on any atom is 0.220 e. The van der Waals surface area contributed by atoms with Crippen molar-refractivity contribution in [3.8, 4) is 11.5 Å². The average Bonchev–Trinajstić information content (AvgIpc) is 3.09. The van der Waals surface area contributed by atoms with Gasteiger partial charge in [-0.1, -0.05) is 6.07 Å². The van der Waals surface area contributed by atoms with E-state index in [-0.39, 0.29) is 17.5 Å². The molecular formula is C26H34N4O3. The summed E-state index contributed by atoms with van der Waals surface area (Å²) in [5, 5.41) is 8.96. The Morgan fingerprint density at radius 1 is 1.12 bits per heavy atom. The Kier molecular flexibility index (Phi) is 6.08. The molecule has 7 heteroatoms. The lowest BCUT2D eigenvalue weighted by molar-refractivity contribution is -0.121. The fourth-order valence-electron chi connectivity index (χ4n) is 4.51. The van der Waals surface area contributed by atoms with Crippen LogP contribution in [0.25, 0.3) is 11.0 Å². The van der Waals surface area contributed by atoms with Crippen LogP contribution in [0.1, 0.15) is 68.2 Å². The molecule has 176 valence electrons. The van der Waals surface area contributed by atoms with E-state index in [1.165, 1.54) is 0 Å². The van der Waals surface area contributed by atoms with Crippen LogP contribution in [0.15, 0.2) is 18.2 Å². The van der Waals surface area contributed by atoms with Gasteiger partial charge in [-0.25, -0.2) is 9.67 Å². The van der Waals surface area contributed by atoms with Crippen molar-refractivity contribution in [3.63, 3.8) is 0 Å². The van der Waals surface area contributed by atoms with Crippen LogP contribution in [-0.4, -0.2) is 33.9 Å². The van der Waals surface area contributed by atoms with Crippen molar-refractivity contribution in [3.05, 3.63) is 46.3 Å². The lowest BCUT2D eigenvalue weighted by atomic mass is 9.98. The Hall–Kier alpha value is -3.09. The molecular weight excluding hydrogens is 416 g/mol. The normalized spacial score (nSPS) is 14.4. The number of pyridine rings is 1. The van der Waals surface area contributed by atoms with Crippen LogP contribution in [0.5, 0.6) is 11.5 Å². The molecule has 0 saturated carbocycles. The number of carbonyl (C=O) groups is 1. The van der Waals surface area contributed by atoms with Gasteiger partial charge in [0, 0.05) is 17.5 Å². The van der Waals surface area contributed by atoms with Gasteiger partial charge in [-0.2, -0.15) is 5.10 Å². The quantitative estimate of drug-likeness (QED) is 0.610. The summed E-state index contributed by atoms with van der Waals surface area (Å²) in [6.07, 6.45) is 1.04. The maximum absolute atomic E-state index is 12.8. The fourth-order valence-corrected chi connectivity index (χ4v) is 4.51. The van der Waals surface area contributed by atoms with Crippen LogP contribution in [0.2, 0.25) is 0 Å². The van der Waals surface area contributed by atoms with Crippen molar-refractivity contribution < 1.29 is 14.3 Å². The standard InChI is InChI=1S/C26H34N4O3/c1-15-20(17(3)28-25-24(15)18(4)29-30(25)26(5,6)7)9-11-23(31)27-16(2)19-8-10-21-22(14-19)33-13-12-32-21/h8,10,14,16H,9,11-13H2,1-7H3,(H,27,31)/t16-/m0/s1. The van der Waals surface area contributed by atoms with Crippen LogP contribution >= 0.6 is 0 Å². The smallest absolute Gasteiger partial charge is 0.220 e. The Labute approximate surface area is 195 Å². The van der Waals surface area contributed by atoms with Gasteiger partial charge in [0.1, 0.15) is 13.2 Å². The SMILES string of the molecule is Cc1nc2c(c(C)nn2C(C)(C)C)c(C)c1CCC(=O)N[C@@H](C)c1ccc2c(c1)OCCO2. The largest absolute Gasteiger partial charge is 0.486 e. The molecule has 3 heterocycles. The van der Waals surface area contributed by atoms with Crippen molar-refractivity contribution >= 4 is 16.9 Å². The first-order valence-electron chi connectivity index (χ1n) is 11.6. The van der Waals surface area contributed by atoms with Crippen LogP contribution in [0.4, 0.5) is 0 Å². The Morgan fingerprint density at radius 3 is 2.52 bits per heavy atom. The van der Waals surface area contributed by atoms with Gasteiger partial charge in [0.15, 0.2) is 17.1 Å². The Bertz CT molecular complexity index is 1210. The molecule has 1 atom stereocenters. The van der Waals surface area contributed by atoms with Gasteiger partial charge < -0.3 is 14.8 Å². The molecule has 2 aromatic heterocycles. The minimum atomic E-state index is -0.149. The van der Waals surface area contributed by atoms with Gasteiger partial charge in [-0.05, 0) is 83.7 Å². The summed E-state index contributed by atoms with van der Waals surface area (Å²) in [4.78, 5) is 17.7. The predicted molar refractivity (Wildman–Crippen MR) is 129 cm³/mol. The van der Waals surface area contributed by atoms with E-state index in [0.29, 0.717) is 26.1 Å². The lowest BCUT2D eigenvalue weighted by Gasteiger charge is -2.21. The van der Waals surface area contributed by atoms with Crippen molar-refractivity contribution in [1.29, 1.82) is 0 Å². The monoisotopic (exact) mass is 450 g/mol. The molecule has 1 N–H and O–H groups in total. The summed E-state index contributed by atoms with van der Waals surface area (Å²) in [5.74, 6) is 1.50. The van der Waals surface area contributed by atoms with Gasteiger partial charge in [0.25, 0.3) is 0 Å². The molecule has 3 aromatic rings. The molecule has 7 nitrogen and oxygen atoms in total. The van der Waals surface area contributed by atoms with E-state index in [1.807, 2.05) is 43.7 Å². The summed E-state index contributed by atoms with van der Waals surface area (Å²) >= 11 is 0. The van der Waals surface area contributed by atoms with Gasteiger partial charge in [-0.3, -0.25) is 4.79 Å². The number of hydrogen-bond donors (Lipinski definition) is 1. The molecule has 1 aromatic carbocycles. The third-order valence-corrected chi connectivity index (χ3v) is 6.26. The molecule has 33 heavy (non-hydrogen) atoms. The second-order valence-electron chi connectivity index (χ2n) is 9.86. The molecule has 1 aliphatic rings.